The molecule has 2 aliphatic heterocycles. The third-order valence-electron chi connectivity index (χ3n) is 5.87. The molecular weight excluding hydrogens is 404 g/mol. The van der Waals surface area contributed by atoms with Gasteiger partial charge in [-0.25, -0.2) is 8.78 Å². The number of piperidine rings is 1. The number of rotatable bonds is 4. The van der Waals surface area contributed by atoms with E-state index in [9.17, 15) is 23.2 Å². The molecular formula is C23H23F2N3O3. The van der Waals surface area contributed by atoms with Gasteiger partial charge < -0.3 is 15.1 Å². The van der Waals surface area contributed by atoms with Crippen LogP contribution in [0.3, 0.4) is 0 Å². The second-order valence-electron chi connectivity index (χ2n) is 7.91. The fourth-order valence-electron chi connectivity index (χ4n) is 4.14. The van der Waals surface area contributed by atoms with Gasteiger partial charge in [0.25, 0.3) is 5.91 Å². The first kappa shape index (κ1) is 21.0. The van der Waals surface area contributed by atoms with Gasteiger partial charge in [0, 0.05) is 32.1 Å². The third kappa shape index (κ3) is 4.42. The Bertz CT molecular complexity index is 1010. The van der Waals surface area contributed by atoms with E-state index in [1.165, 1.54) is 35.2 Å². The van der Waals surface area contributed by atoms with Crippen LogP contribution in [-0.2, 0) is 9.59 Å². The molecule has 0 saturated carbocycles. The lowest BCUT2D eigenvalue weighted by molar-refractivity contribution is -0.127. The largest absolute Gasteiger partial charge is 0.353 e. The van der Waals surface area contributed by atoms with Gasteiger partial charge in [0.2, 0.25) is 11.8 Å². The second kappa shape index (κ2) is 8.83. The molecule has 8 heteroatoms. The highest BCUT2D eigenvalue weighted by Crippen LogP contribution is 2.27. The monoisotopic (exact) mass is 427 g/mol. The van der Waals surface area contributed by atoms with Crippen molar-refractivity contribution in [2.75, 3.05) is 24.5 Å². The van der Waals surface area contributed by atoms with Crippen molar-refractivity contribution in [3.63, 3.8) is 0 Å². The summed E-state index contributed by atoms with van der Waals surface area (Å²) in [4.78, 5) is 40.4. The lowest BCUT2D eigenvalue weighted by Crippen LogP contribution is -2.48. The maximum absolute atomic E-state index is 14.0. The Labute approximate surface area is 178 Å². The quantitative estimate of drug-likeness (QED) is 0.816. The number of likely N-dealkylation sites (tertiary alicyclic amines) is 1. The molecule has 2 aromatic rings. The zero-order chi connectivity index (χ0) is 22.0. The molecule has 2 aromatic carbocycles. The molecule has 0 spiro atoms. The average Bonchev–Trinajstić information content (AvgIpc) is 3.16. The Morgan fingerprint density at radius 1 is 0.935 bits per heavy atom. The molecule has 162 valence electrons. The van der Waals surface area contributed by atoms with Crippen molar-refractivity contribution in [3.05, 3.63) is 65.7 Å². The highest BCUT2D eigenvalue weighted by atomic mass is 19.1. The standard InChI is InChI=1S/C23H23F2N3O3/c24-18-6-2-1-5-17(18)23(31)27-11-9-16(10-12-27)26-22(30)15-13-21(29)28(14-15)20-8-4-3-7-19(20)25/h1-8,15-16H,9-14H2,(H,26,30). The van der Waals surface area contributed by atoms with Gasteiger partial charge in [-0.1, -0.05) is 24.3 Å². The maximum atomic E-state index is 14.0. The minimum atomic E-state index is -0.551. The van der Waals surface area contributed by atoms with Crippen molar-refractivity contribution in [2.24, 2.45) is 5.92 Å². The van der Waals surface area contributed by atoms with E-state index in [1.54, 1.807) is 23.1 Å². The second-order valence-corrected chi connectivity index (χ2v) is 7.91. The number of benzene rings is 2. The van der Waals surface area contributed by atoms with E-state index < -0.39 is 17.6 Å². The number of hydrogen-bond acceptors (Lipinski definition) is 3. The van der Waals surface area contributed by atoms with Crippen molar-refractivity contribution < 1.29 is 23.2 Å². The van der Waals surface area contributed by atoms with Gasteiger partial charge in [0.15, 0.2) is 0 Å². The SMILES string of the molecule is O=C(NC1CCN(C(=O)c2ccccc2F)CC1)C1CC(=O)N(c2ccccc2F)C1. The Kier molecular flexibility index (Phi) is 5.97. The molecule has 3 amide bonds. The fourth-order valence-corrected chi connectivity index (χ4v) is 4.14. The van der Waals surface area contributed by atoms with E-state index >= 15 is 0 Å². The number of para-hydroxylation sites is 1. The molecule has 2 heterocycles. The van der Waals surface area contributed by atoms with Crippen LogP contribution in [0.15, 0.2) is 48.5 Å². The molecule has 1 atom stereocenters. The van der Waals surface area contributed by atoms with Crippen LogP contribution in [0.25, 0.3) is 0 Å². The van der Waals surface area contributed by atoms with E-state index in [2.05, 4.69) is 5.32 Å². The van der Waals surface area contributed by atoms with Crippen molar-refractivity contribution >= 4 is 23.4 Å². The molecule has 1 unspecified atom stereocenters. The predicted molar refractivity (Wildman–Crippen MR) is 110 cm³/mol. The average molecular weight is 427 g/mol. The molecule has 0 aromatic heterocycles. The first-order valence-corrected chi connectivity index (χ1v) is 10.3. The van der Waals surface area contributed by atoms with Gasteiger partial charge in [0.1, 0.15) is 11.6 Å². The molecule has 2 fully saturated rings. The Balaban J connectivity index is 1.31. The van der Waals surface area contributed by atoms with Gasteiger partial charge >= 0.3 is 0 Å². The first-order valence-electron chi connectivity index (χ1n) is 10.3. The molecule has 4 rings (SSSR count). The number of carbonyl (C=O) groups excluding carboxylic acids is 3. The minimum Gasteiger partial charge on any atom is -0.353 e. The van der Waals surface area contributed by atoms with Gasteiger partial charge in [0.05, 0.1) is 17.2 Å². The van der Waals surface area contributed by atoms with Crippen LogP contribution in [0.5, 0.6) is 0 Å². The summed E-state index contributed by atoms with van der Waals surface area (Å²) >= 11 is 0. The lowest BCUT2D eigenvalue weighted by Gasteiger charge is -2.33. The zero-order valence-corrected chi connectivity index (χ0v) is 16.9. The summed E-state index contributed by atoms with van der Waals surface area (Å²) in [6.45, 7) is 0.947. The third-order valence-corrected chi connectivity index (χ3v) is 5.87. The predicted octanol–water partition coefficient (Wildman–Crippen LogP) is 2.74. The van der Waals surface area contributed by atoms with E-state index in [4.69, 9.17) is 0 Å². The Hall–Kier alpha value is -3.29. The number of nitrogens with zero attached hydrogens (tertiary/aromatic N) is 2. The van der Waals surface area contributed by atoms with Gasteiger partial charge in [-0.3, -0.25) is 14.4 Å². The summed E-state index contributed by atoms with van der Waals surface area (Å²) in [6, 6.07) is 11.8. The topological polar surface area (TPSA) is 69.7 Å². The zero-order valence-electron chi connectivity index (χ0n) is 16.9. The van der Waals surface area contributed by atoms with Crippen molar-refractivity contribution in [1.29, 1.82) is 0 Å². The molecule has 0 radical (unpaired) electrons. The van der Waals surface area contributed by atoms with Crippen LogP contribution in [0.2, 0.25) is 0 Å². The summed E-state index contributed by atoms with van der Waals surface area (Å²) in [5, 5.41) is 2.96. The lowest BCUT2D eigenvalue weighted by atomic mass is 10.0. The van der Waals surface area contributed by atoms with Crippen LogP contribution in [0, 0.1) is 17.6 Å². The molecule has 0 aliphatic carbocycles. The van der Waals surface area contributed by atoms with Crippen LogP contribution in [0.1, 0.15) is 29.6 Å². The number of halogens is 2. The maximum Gasteiger partial charge on any atom is 0.256 e. The molecule has 6 nitrogen and oxygen atoms in total. The van der Waals surface area contributed by atoms with E-state index in [-0.39, 0.29) is 48.0 Å². The van der Waals surface area contributed by atoms with Crippen molar-refractivity contribution in [1.82, 2.24) is 10.2 Å². The summed E-state index contributed by atoms with van der Waals surface area (Å²) in [7, 11) is 0. The summed E-state index contributed by atoms with van der Waals surface area (Å²) in [5.74, 6) is -2.48. The number of amides is 3. The number of nitrogens with one attached hydrogen (secondary N) is 1. The van der Waals surface area contributed by atoms with Gasteiger partial charge in [-0.2, -0.15) is 0 Å². The Morgan fingerprint density at radius 2 is 1.58 bits per heavy atom. The van der Waals surface area contributed by atoms with Crippen molar-refractivity contribution in [3.8, 4) is 0 Å². The highest BCUT2D eigenvalue weighted by Gasteiger charge is 2.37. The normalized spacial score (nSPS) is 19.5. The highest BCUT2D eigenvalue weighted by molar-refractivity contribution is 6.00. The van der Waals surface area contributed by atoms with Crippen LogP contribution in [-0.4, -0.2) is 48.3 Å². The van der Waals surface area contributed by atoms with E-state index in [0.29, 0.717) is 25.9 Å². The van der Waals surface area contributed by atoms with Crippen LogP contribution >= 0.6 is 0 Å². The van der Waals surface area contributed by atoms with Crippen LogP contribution < -0.4 is 10.2 Å². The summed E-state index contributed by atoms with van der Waals surface area (Å²) in [5.41, 5.74) is 0.227. The van der Waals surface area contributed by atoms with E-state index in [0.717, 1.165) is 0 Å². The van der Waals surface area contributed by atoms with Crippen LogP contribution in [0.4, 0.5) is 14.5 Å². The Morgan fingerprint density at radius 3 is 2.26 bits per heavy atom. The molecule has 1 N–H and O–H groups in total. The molecule has 31 heavy (non-hydrogen) atoms. The minimum absolute atomic E-state index is 0.0325. The summed E-state index contributed by atoms with van der Waals surface area (Å²) in [6.07, 6.45) is 1.12. The number of anilines is 1. The van der Waals surface area contributed by atoms with Gasteiger partial charge in [-0.15, -0.1) is 0 Å². The molecule has 0 bridgehead atoms. The number of hydrogen-bond donors (Lipinski definition) is 1. The van der Waals surface area contributed by atoms with E-state index in [1.807, 2.05) is 0 Å². The molecule has 2 aliphatic rings. The van der Waals surface area contributed by atoms with Gasteiger partial charge in [-0.05, 0) is 37.1 Å². The fraction of sp³-hybridized carbons (Fsp3) is 0.348. The molecule has 2 saturated heterocycles. The first-order chi connectivity index (χ1) is 14.9. The van der Waals surface area contributed by atoms with Crippen molar-refractivity contribution in [2.45, 2.75) is 25.3 Å². The number of carbonyl (C=O) groups is 3. The smallest absolute Gasteiger partial charge is 0.256 e. The summed E-state index contributed by atoms with van der Waals surface area (Å²) < 4.78 is 27.9.